The predicted octanol–water partition coefficient (Wildman–Crippen LogP) is 21.1. The summed E-state index contributed by atoms with van der Waals surface area (Å²) in [5, 5.41) is 10.6. The lowest BCUT2D eigenvalue weighted by Crippen LogP contribution is -2.30. The van der Waals surface area contributed by atoms with Gasteiger partial charge in [0.05, 0.1) is 26.4 Å². The lowest BCUT2D eigenvalue weighted by atomic mass is 10.0. The van der Waals surface area contributed by atoms with E-state index in [1.54, 1.807) is 0 Å². The van der Waals surface area contributed by atoms with Crippen molar-refractivity contribution < 1.29 is 80.2 Å². The first kappa shape index (κ1) is 90.8. The number of allylic oxidation sites excluding steroid dienone is 10. The Hall–Kier alpha value is -3.24. The van der Waals surface area contributed by atoms with Gasteiger partial charge in [0.2, 0.25) is 0 Å². The third-order valence-electron chi connectivity index (χ3n) is 16.0. The number of rotatable bonds is 71. The van der Waals surface area contributed by atoms with Crippen molar-refractivity contribution >= 4 is 39.5 Å². The molecule has 3 N–H and O–H groups in total. The summed E-state index contributed by atoms with van der Waals surface area (Å²) in [7, 11) is -9.94. The first-order valence-corrected chi connectivity index (χ1v) is 40.5. The second-order valence-electron chi connectivity index (χ2n) is 25.2. The van der Waals surface area contributed by atoms with E-state index in [0.717, 1.165) is 122 Å². The molecule has 0 aliphatic carbocycles. The Morgan fingerprint density at radius 1 is 0.309 bits per heavy atom. The quantitative estimate of drug-likeness (QED) is 0.0169. The lowest BCUT2D eigenvalue weighted by Gasteiger charge is -2.21. The molecule has 0 saturated heterocycles. The Morgan fingerprint density at radius 3 is 0.883 bits per heavy atom. The van der Waals surface area contributed by atoms with E-state index in [1.807, 2.05) is 0 Å². The van der Waals surface area contributed by atoms with E-state index >= 15 is 0 Å². The number of aliphatic hydroxyl groups excluding tert-OH is 1. The minimum Gasteiger partial charge on any atom is -0.462 e. The molecule has 0 aromatic rings. The highest BCUT2D eigenvalue weighted by Crippen LogP contribution is 2.45. The molecule has 5 unspecified atom stereocenters. The molecular weight excluding hydrogens is 1230 g/mol. The van der Waals surface area contributed by atoms with Crippen LogP contribution in [0.4, 0.5) is 0 Å². The summed E-state index contributed by atoms with van der Waals surface area (Å²) in [6.45, 7) is 4.73. The molecule has 94 heavy (non-hydrogen) atoms. The van der Waals surface area contributed by atoms with Crippen molar-refractivity contribution in [1.29, 1.82) is 0 Å². The SMILES string of the molecule is CC/C=C\C/C=C\C/C=C\C/C=C\CCCCC(=O)OCC(COP(=O)(O)OCC(O)COP(=O)(O)OCC(COC(=O)CCCCCCCCCCCCCCC)OC(=O)CCCCCCCCCCCCC)OC(=O)CCCCCCC/C=C\CCCCCCCC. The van der Waals surface area contributed by atoms with Gasteiger partial charge >= 0.3 is 39.5 Å². The molecule has 0 rings (SSSR count). The summed E-state index contributed by atoms with van der Waals surface area (Å²) in [6, 6.07) is 0. The molecule has 0 aliphatic rings. The number of carbonyl (C=O) groups excluding carboxylic acids is 4. The van der Waals surface area contributed by atoms with Gasteiger partial charge in [-0.15, -0.1) is 0 Å². The minimum atomic E-state index is -4.97. The molecule has 5 atom stereocenters. The van der Waals surface area contributed by atoms with Crippen LogP contribution in [0, 0.1) is 0 Å². The zero-order valence-electron chi connectivity index (χ0n) is 59.6. The van der Waals surface area contributed by atoms with Crippen molar-refractivity contribution in [2.75, 3.05) is 39.6 Å². The Morgan fingerprint density at radius 2 is 0.553 bits per heavy atom. The number of phosphoric ester groups is 2. The number of aliphatic hydroxyl groups is 1. The Bertz CT molecular complexity index is 2030. The molecule has 0 aromatic carbocycles. The highest BCUT2D eigenvalue weighted by atomic mass is 31.2. The molecule has 0 bridgehead atoms. The number of ether oxygens (including phenoxy) is 4. The summed E-state index contributed by atoms with van der Waals surface area (Å²) in [6.07, 6.45) is 65.1. The summed E-state index contributed by atoms with van der Waals surface area (Å²) in [5.41, 5.74) is 0. The van der Waals surface area contributed by atoms with Gasteiger partial charge in [0, 0.05) is 25.7 Å². The van der Waals surface area contributed by atoms with Crippen LogP contribution in [0.1, 0.15) is 336 Å². The van der Waals surface area contributed by atoms with E-state index in [2.05, 4.69) is 88.5 Å². The van der Waals surface area contributed by atoms with Crippen LogP contribution in [-0.2, 0) is 65.4 Å². The monoisotopic (exact) mass is 1370 g/mol. The smallest absolute Gasteiger partial charge is 0.462 e. The van der Waals surface area contributed by atoms with Gasteiger partial charge in [-0.3, -0.25) is 37.3 Å². The highest BCUT2D eigenvalue weighted by Gasteiger charge is 2.30. The highest BCUT2D eigenvalue weighted by molar-refractivity contribution is 7.47. The first-order chi connectivity index (χ1) is 45.7. The van der Waals surface area contributed by atoms with Crippen LogP contribution in [0.3, 0.4) is 0 Å². The molecule has 0 aliphatic heterocycles. The first-order valence-electron chi connectivity index (χ1n) is 37.5. The van der Waals surface area contributed by atoms with Gasteiger partial charge in [-0.1, -0.05) is 281 Å². The van der Waals surface area contributed by atoms with Gasteiger partial charge in [0.15, 0.2) is 12.2 Å². The van der Waals surface area contributed by atoms with E-state index in [1.165, 1.54) is 135 Å². The molecule has 0 aromatic heterocycles. The van der Waals surface area contributed by atoms with E-state index in [9.17, 15) is 43.2 Å². The van der Waals surface area contributed by atoms with Gasteiger partial charge in [0.1, 0.15) is 19.3 Å². The van der Waals surface area contributed by atoms with Crippen LogP contribution in [0.5, 0.6) is 0 Å². The zero-order chi connectivity index (χ0) is 69.0. The summed E-state index contributed by atoms with van der Waals surface area (Å²) < 4.78 is 68.3. The van der Waals surface area contributed by atoms with Crippen molar-refractivity contribution in [3.8, 4) is 0 Å². The molecule has 0 radical (unpaired) electrons. The standard InChI is InChI=1S/C75H136O17P2/c1-5-9-13-17-21-25-29-32-34-37-41-44-48-52-56-60-73(78)86-66-71(92-75(80)62-58-54-50-46-42-38-35-33-30-26-22-18-14-10-6-2)68-90-94(83,84)88-64-69(76)63-87-93(81,82)89-67-70(91-74(79)61-57-53-49-45-39-28-24-20-16-12-8-4)65-85-72(77)59-55-51-47-43-40-36-31-27-23-19-15-11-7-3/h9,13,21,25,32-35,41,44,69-71,76H,5-8,10-12,14-20,22-24,26-31,36-40,42-43,45-68H2,1-4H3,(H,81,82)(H,83,84)/b13-9-,25-21-,34-32-,35-33-,44-41-. The van der Waals surface area contributed by atoms with Crippen LogP contribution >= 0.6 is 15.6 Å². The fourth-order valence-electron chi connectivity index (χ4n) is 10.3. The van der Waals surface area contributed by atoms with Crippen LogP contribution in [0.25, 0.3) is 0 Å². The van der Waals surface area contributed by atoms with E-state index < -0.39 is 97.5 Å². The molecule has 19 heteroatoms. The van der Waals surface area contributed by atoms with Gasteiger partial charge in [-0.05, 0) is 89.9 Å². The maximum Gasteiger partial charge on any atom is 0.472 e. The Labute approximate surface area is 571 Å². The average Bonchev–Trinajstić information content (AvgIpc) is 1.36. The molecule has 0 amide bonds. The summed E-state index contributed by atoms with van der Waals surface area (Å²) in [5.74, 6) is -2.20. The molecule has 17 nitrogen and oxygen atoms in total. The lowest BCUT2D eigenvalue weighted by molar-refractivity contribution is -0.161. The zero-order valence-corrected chi connectivity index (χ0v) is 61.4. The van der Waals surface area contributed by atoms with Crippen molar-refractivity contribution in [2.45, 2.75) is 354 Å². The van der Waals surface area contributed by atoms with Gasteiger partial charge in [0.25, 0.3) is 0 Å². The number of esters is 4. The minimum absolute atomic E-state index is 0.0795. The molecule has 0 fully saturated rings. The maximum absolute atomic E-state index is 13.0. The normalized spacial score (nSPS) is 14.3. The number of carbonyl (C=O) groups is 4. The molecule has 0 heterocycles. The second-order valence-corrected chi connectivity index (χ2v) is 28.1. The topological polar surface area (TPSA) is 237 Å². The molecule has 0 saturated carbocycles. The number of phosphoric acid groups is 2. The van der Waals surface area contributed by atoms with E-state index in [4.69, 9.17) is 37.0 Å². The predicted molar refractivity (Wildman–Crippen MR) is 381 cm³/mol. The fourth-order valence-corrected chi connectivity index (χ4v) is 11.8. The Kier molecular flexibility index (Phi) is 65.9. The molecule has 0 spiro atoms. The largest absolute Gasteiger partial charge is 0.472 e. The average molecular weight is 1370 g/mol. The van der Waals surface area contributed by atoms with Crippen LogP contribution < -0.4 is 0 Å². The fraction of sp³-hybridized carbons (Fsp3) is 0.813. The number of hydrogen-bond acceptors (Lipinski definition) is 15. The van der Waals surface area contributed by atoms with Crippen molar-refractivity contribution in [3.63, 3.8) is 0 Å². The van der Waals surface area contributed by atoms with Gasteiger partial charge in [-0.25, -0.2) is 9.13 Å². The van der Waals surface area contributed by atoms with E-state index in [0.29, 0.717) is 25.7 Å². The third-order valence-corrected chi connectivity index (χ3v) is 17.9. The van der Waals surface area contributed by atoms with Crippen molar-refractivity contribution in [1.82, 2.24) is 0 Å². The second kappa shape index (κ2) is 68.3. The van der Waals surface area contributed by atoms with Crippen LogP contribution in [0.2, 0.25) is 0 Å². The third kappa shape index (κ3) is 67.3. The molecule has 548 valence electrons. The summed E-state index contributed by atoms with van der Waals surface area (Å²) in [4.78, 5) is 72.7. The number of unbranched alkanes of at least 4 members (excludes halogenated alkanes) is 35. The number of hydrogen-bond donors (Lipinski definition) is 3. The van der Waals surface area contributed by atoms with Gasteiger partial charge in [-0.2, -0.15) is 0 Å². The van der Waals surface area contributed by atoms with Gasteiger partial charge < -0.3 is 33.8 Å². The van der Waals surface area contributed by atoms with Crippen LogP contribution in [0.15, 0.2) is 60.8 Å². The summed E-state index contributed by atoms with van der Waals surface area (Å²) >= 11 is 0. The Balaban J connectivity index is 5.33. The molecular formula is C75H136O17P2. The van der Waals surface area contributed by atoms with Crippen LogP contribution in [-0.4, -0.2) is 96.7 Å². The van der Waals surface area contributed by atoms with Crippen molar-refractivity contribution in [3.05, 3.63) is 60.8 Å². The van der Waals surface area contributed by atoms with E-state index in [-0.39, 0.29) is 25.7 Å². The maximum atomic E-state index is 13.0. The van der Waals surface area contributed by atoms with Crippen molar-refractivity contribution in [2.24, 2.45) is 0 Å².